The maximum absolute atomic E-state index is 8.92. The van der Waals surface area contributed by atoms with E-state index < -0.39 is 0 Å². The predicted molar refractivity (Wildman–Crippen MR) is 76.0 cm³/mol. The number of hydrogen-bond acceptors (Lipinski definition) is 4. The van der Waals surface area contributed by atoms with Gasteiger partial charge in [0.15, 0.2) is 0 Å². The first-order valence-corrected chi connectivity index (χ1v) is 6.52. The molecular weight excluding hydrogens is 276 g/mol. The molecule has 0 fully saturated rings. The molecule has 0 aliphatic heterocycles. The number of nitrogens with zero attached hydrogens (tertiary/aromatic N) is 2. The van der Waals surface area contributed by atoms with Crippen molar-refractivity contribution < 1.29 is 9.47 Å². The van der Waals surface area contributed by atoms with E-state index in [2.05, 4.69) is 11.1 Å². The van der Waals surface area contributed by atoms with Gasteiger partial charge >= 0.3 is 0 Å². The van der Waals surface area contributed by atoms with Gasteiger partial charge in [-0.25, -0.2) is 0 Å². The molecule has 0 bridgehead atoms. The van der Waals surface area contributed by atoms with Crippen molar-refractivity contribution in [1.29, 1.82) is 5.26 Å². The van der Waals surface area contributed by atoms with Crippen LogP contribution in [0.4, 0.5) is 0 Å². The van der Waals surface area contributed by atoms with Gasteiger partial charge in [-0.2, -0.15) is 5.26 Å². The van der Waals surface area contributed by atoms with Gasteiger partial charge in [-0.15, -0.1) is 0 Å². The second-order valence-corrected chi connectivity index (χ2v) is 4.43. The Bertz CT molecular complexity index is 611. The molecule has 102 valence electrons. The topological polar surface area (TPSA) is 55.1 Å². The number of rotatable bonds is 6. The van der Waals surface area contributed by atoms with Crippen LogP contribution in [-0.2, 0) is 0 Å². The second-order valence-electron chi connectivity index (χ2n) is 4.00. The van der Waals surface area contributed by atoms with Crippen molar-refractivity contribution >= 4 is 11.6 Å². The third-order valence-corrected chi connectivity index (χ3v) is 2.71. The molecule has 0 atom stereocenters. The monoisotopic (exact) mass is 288 g/mol. The molecule has 1 aromatic carbocycles. The van der Waals surface area contributed by atoms with Gasteiger partial charge in [0.1, 0.15) is 17.6 Å². The lowest BCUT2D eigenvalue weighted by molar-refractivity contribution is 0.246. The molecule has 0 radical (unpaired) electrons. The van der Waals surface area contributed by atoms with Crippen LogP contribution < -0.4 is 9.47 Å². The molecule has 2 rings (SSSR count). The van der Waals surface area contributed by atoms with E-state index in [1.807, 2.05) is 6.07 Å². The molecule has 0 aliphatic rings. The van der Waals surface area contributed by atoms with Gasteiger partial charge in [-0.1, -0.05) is 23.7 Å². The summed E-state index contributed by atoms with van der Waals surface area (Å²) in [4.78, 5) is 3.93. The van der Waals surface area contributed by atoms with Gasteiger partial charge in [0.25, 0.3) is 0 Å². The normalized spacial score (nSPS) is 9.80. The van der Waals surface area contributed by atoms with E-state index in [0.29, 0.717) is 41.7 Å². The number of para-hydroxylation sites is 1. The number of hydrogen-bond donors (Lipinski definition) is 0. The third kappa shape index (κ3) is 4.15. The summed E-state index contributed by atoms with van der Waals surface area (Å²) in [5.41, 5.74) is 0.535. The average molecular weight is 289 g/mol. The molecule has 1 heterocycles. The van der Waals surface area contributed by atoms with E-state index >= 15 is 0 Å². The van der Waals surface area contributed by atoms with E-state index in [1.54, 1.807) is 36.7 Å². The Morgan fingerprint density at radius 2 is 1.95 bits per heavy atom. The fraction of sp³-hybridized carbons (Fsp3) is 0.200. The molecule has 0 saturated carbocycles. The highest BCUT2D eigenvalue weighted by atomic mass is 35.5. The van der Waals surface area contributed by atoms with Crippen molar-refractivity contribution in [1.82, 2.24) is 4.98 Å². The summed E-state index contributed by atoms with van der Waals surface area (Å²) in [5, 5.41) is 9.46. The zero-order valence-electron chi connectivity index (χ0n) is 10.8. The minimum atomic E-state index is 0.479. The fourth-order valence-electron chi connectivity index (χ4n) is 1.59. The van der Waals surface area contributed by atoms with Crippen molar-refractivity contribution in [3.8, 4) is 17.6 Å². The van der Waals surface area contributed by atoms with Gasteiger partial charge in [-0.05, 0) is 12.1 Å². The van der Waals surface area contributed by atoms with Gasteiger partial charge in [0.05, 0.1) is 30.0 Å². The van der Waals surface area contributed by atoms with Gasteiger partial charge in [-0.3, -0.25) is 4.98 Å². The molecule has 0 amide bonds. The molecule has 0 N–H and O–H groups in total. The Hall–Kier alpha value is -2.25. The minimum Gasteiger partial charge on any atom is -0.492 e. The van der Waals surface area contributed by atoms with Gasteiger partial charge in [0.2, 0.25) is 0 Å². The van der Waals surface area contributed by atoms with Crippen LogP contribution in [0.5, 0.6) is 11.5 Å². The third-order valence-electron chi connectivity index (χ3n) is 2.50. The lowest BCUT2D eigenvalue weighted by atomic mass is 10.2. The van der Waals surface area contributed by atoms with E-state index in [1.165, 1.54) is 0 Å². The van der Waals surface area contributed by atoms with Crippen LogP contribution in [0.1, 0.15) is 12.0 Å². The summed E-state index contributed by atoms with van der Waals surface area (Å²) >= 11 is 5.80. The lowest BCUT2D eigenvalue weighted by Crippen LogP contribution is -2.05. The van der Waals surface area contributed by atoms with Crippen molar-refractivity contribution in [2.45, 2.75) is 6.42 Å². The predicted octanol–water partition coefficient (Wildman–Crippen LogP) is 3.45. The summed E-state index contributed by atoms with van der Waals surface area (Å²) in [6.07, 6.45) is 3.86. The van der Waals surface area contributed by atoms with Crippen LogP contribution in [0.3, 0.4) is 0 Å². The first-order chi connectivity index (χ1) is 9.79. The van der Waals surface area contributed by atoms with Crippen LogP contribution in [0.25, 0.3) is 0 Å². The van der Waals surface area contributed by atoms with E-state index in [-0.39, 0.29) is 0 Å². The van der Waals surface area contributed by atoms with Crippen LogP contribution in [0, 0.1) is 11.3 Å². The summed E-state index contributed by atoms with van der Waals surface area (Å²) in [5.74, 6) is 1.23. The number of halogens is 1. The van der Waals surface area contributed by atoms with Crippen LogP contribution >= 0.6 is 11.6 Å². The Balaban J connectivity index is 1.73. The standard InChI is InChI=1S/C15H13ClN2O2/c16-13-8-14(11-18-10-13)19-6-3-7-20-15-5-2-1-4-12(15)9-17/h1-2,4-5,8,10-11H,3,6-7H2. The number of pyridine rings is 1. The minimum absolute atomic E-state index is 0.479. The number of ether oxygens (including phenoxy) is 2. The first kappa shape index (κ1) is 14.2. The summed E-state index contributed by atoms with van der Waals surface area (Å²) in [6.45, 7) is 0.976. The van der Waals surface area contributed by atoms with E-state index in [0.717, 1.165) is 0 Å². The zero-order valence-corrected chi connectivity index (χ0v) is 11.5. The smallest absolute Gasteiger partial charge is 0.139 e. The highest BCUT2D eigenvalue weighted by Gasteiger charge is 2.01. The molecule has 0 saturated heterocycles. The first-order valence-electron chi connectivity index (χ1n) is 6.15. The number of nitriles is 1. The molecule has 20 heavy (non-hydrogen) atoms. The maximum Gasteiger partial charge on any atom is 0.139 e. The summed E-state index contributed by atoms with van der Waals surface area (Å²) in [6, 6.07) is 10.9. The molecule has 2 aromatic rings. The Morgan fingerprint density at radius 1 is 1.15 bits per heavy atom. The van der Waals surface area contributed by atoms with Crippen molar-refractivity contribution in [2.24, 2.45) is 0 Å². The van der Waals surface area contributed by atoms with E-state index in [4.69, 9.17) is 26.3 Å². The summed E-state index contributed by atoms with van der Waals surface area (Å²) < 4.78 is 11.0. The Kier molecular flexibility index (Phi) is 5.22. The van der Waals surface area contributed by atoms with Crippen molar-refractivity contribution in [3.05, 3.63) is 53.3 Å². The van der Waals surface area contributed by atoms with Crippen LogP contribution in [0.15, 0.2) is 42.7 Å². The Labute approximate surface area is 122 Å². The highest BCUT2D eigenvalue weighted by molar-refractivity contribution is 6.30. The number of benzene rings is 1. The molecule has 0 aliphatic carbocycles. The molecule has 0 unspecified atom stereocenters. The molecule has 0 spiro atoms. The lowest BCUT2D eigenvalue weighted by Gasteiger charge is -2.08. The summed E-state index contributed by atoms with van der Waals surface area (Å²) in [7, 11) is 0. The molecular formula is C15H13ClN2O2. The zero-order chi connectivity index (χ0) is 14.2. The van der Waals surface area contributed by atoms with Crippen LogP contribution in [-0.4, -0.2) is 18.2 Å². The highest BCUT2D eigenvalue weighted by Crippen LogP contribution is 2.17. The van der Waals surface area contributed by atoms with Crippen molar-refractivity contribution in [2.75, 3.05) is 13.2 Å². The van der Waals surface area contributed by atoms with Crippen LogP contribution in [0.2, 0.25) is 5.02 Å². The maximum atomic E-state index is 8.92. The number of aromatic nitrogens is 1. The second kappa shape index (κ2) is 7.37. The van der Waals surface area contributed by atoms with Gasteiger partial charge < -0.3 is 9.47 Å². The average Bonchev–Trinajstić information content (AvgIpc) is 2.47. The largest absolute Gasteiger partial charge is 0.492 e. The molecule has 5 heteroatoms. The SMILES string of the molecule is N#Cc1ccccc1OCCCOc1cncc(Cl)c1. The van der Waals surface area contributed by atoms with E-state index in [9.17, 15) is 0 Å². The molecule has 4 nitrogen and oxygen atoms in total. The van der Waals surface area contributed by atoms with Crippen molar-refractivity contribution in [3.63, 3.8) is 0 Å². The quantitative estimate of drug-likeness (QED) is 0.764. The molecule has 1 aromatic heterocycles. The van der Waals surface area contributed by atoms with Gasteiger partial charge in [0, 0.05) is 18.7 Å². The fourth-order valence-corrected chi connectivity index (χ4v) is 1.75. The Morgan fingerprint density at radius 3 is 2.75 bits per heavy atom.